The fraction of sp³-hybridized carbons (Fsp3) is 0.294. The van der Waals surface area contributed by atoms with Crippen molar-refractivity contribution in [1.29, 1.82) is 0 Å². The summed E-state index contributed by atoms with van der Waals surface area (Å²) in [4.78, 5) is 25.8. The Morgan fingerprint density at radius 1 is 1.41 bits per heavy atom. The Morgan fingerprint density at radius 2 is 2.27 bits per heavy atom. The summed E-state index contributed by atoms with van der Waals surface area (Å²) in [6, 6.07) is 7.50. The maximum Gasteiger partial charge on any atom is 0.317 e. The van der Waals surface area contributed by atoms with E-state index in [1.807, 2.05) is 23.6 Å². The number of furan rings is 1. The second-order valence-corrected chi connectivity index (χ2v) is 6.05. The van der Waals surface area contributed by atoms with E-state index in [0.29, 0.717) is 12.2 Å². The van der Waals surface area contributed by atoms with Gasteiger partial charge in [0, 0.05) is 10.8 Å². The van der Waals surface area contributed by atoms with E-state index in [0.717, 1.165) is 10.5 Å². The quantitative estimate of drug-likeness (QED) is 0.638. The minimum Gasteiger partial charge on any atom is -0.469 e. The lowest BCUT2D eigenvalue weighted by Crippen LogP contribution is -2.33. The molecule has 3 rings (SSSR count). The van der Waals surface area contributed by atoms with Gasteiger partial charge in [-0.1, -0.05) is 6.07 Å². The average molecular weight is 316 g/mol. The second-order valence-electron chi connectivity index (χ2n) is 5.11. The van der Waals surface area contributed by atoms with E-state index >= 15 is 0 Å². The molecule has 1 aliphatic rings. The molecule has 2 aromatic rings. The van der Waals surface area contributed by atoms with Gasteiger partial charge in [-0.25, -0.2) is 0 Å². The van der Waals surface area contributed by atoms with Crippen LogP contribution in [-0.2, 0) is 14.3 Å². The van der Waals surface area contributed by atoms with E-state index in [1.54, 1.807) is 36.7 Å². The Hall–Kier alpha value is -2.14. The van der Waals surface area contributed by atoms with Crippen molar-refractivity contribution in [3.63, 3.8) is 0 Å². The Morgan fingerprint density at radius 3 is 2.91 bits per heavy atom. The van der Waals surface area contributed by atoms with Gasteiger partial charge in [0.1, 0.15) is 11.7 Å². The second kappa shape index (κ2) is 6.32. The molecular formula is C17H16O4S. The maximum absolute atomic E-state index is 12.5. The molecular weight excluding hydrogens is 300 g/mol. The molecule has 22 heavy (non-hydrogen) atoms. The van der Waals surface area contributed by atoms with Crippen molar-refractivity contribution in [3.05, 3.63) is 52.6 Å². The van der Waals surface area contributed by atoms with Crippen molar-refractivity contribution in [1.82, 2.24) is 0 Å². The molecule has 0 amide bonds. The summed E-state index contributed by atoms with van der Waals surface area (Å²) in [7, 11) is 0. The number of ether oxygens (including phenoxy) is 1. The number of carbonyl (C=O) groups excluding carboxylic acids is 2. The number of ketones is 1. The molecule has 2 atom stereocenters. The molecule has 0 N–H and O–H groups in total. The highest BCUT2D eigenvalue weighted by atomic mass is 32.1. The highest BCUT2D eigenvalue weighted by Crippen LogP contribution is 2.41. The van der Waals surface area contributed by atoms with E-state index in [-0.39, 0.29) is 18.3 Å². The van der Waals surface area contributed by atoms with Crippen molar-refractivity contribution in [2.24, 2.45) is 5.92 Å². The number of hydrogen-bond acceptors (Lipinski definition) is 5. The zero-order valence-electron chi connectivity index (χ0n) is 12.2. The zero-order valence-corrected chi connectivity index (χ0v) is 13.0. The summed E-state index contributed by atoms with van der Waals surface area (Å²) >= 11 is 1.58. The van der Waals surface area contributed by atoms with E-state index in [1.165, 1.54) is 0 Å². The Balaban J connectivity index is 1.98. The van der Waals surface area contributed by atoms with E-state index < -0.39 is 11.9 Å². The highest BCUT2D eigenvalue weighted by Gasteiger charge is 2.41. The summed E-state index contributed by atoms with van der Waals surface area (Å²) in [5, 5.41) is 1.97. The fourth-order valence-electron chi connectivity index (χ4n) is 2.79. The van der Waals surface area contributed by atoms with Gasteiger partial charge in [0.25, 0.3) is 0 Å². The van der Waals surface area contributed by atoms with Crippen LogP contribution in [-0.4, -0.2) is 18.4 Å². The standard InChI is InChI=1S/C17H16O4S/c1-2-20-17(19)16-12(14-5-3-7-21-14)9-11(10-13(16)18)15-6-4-8-22-15/h3-8,10,12,16H,2,9H2,1H3/t12-,16-/m0/s1. The molecule has 0 radical (unpaired) electrons. The molecule has 4 nitrogen and oxygen atoms in total. The summed E-state index contributed by atoms with van der Waals surface area (Å²) in [5.74, 6) is -1.18. The van der Waals surface area contributed by atoms with Crippen LogP contribution >= 0.6 is 11.3 Å². The van der Waals surface area contributed by atoms with Crippen LogP contribution in [0.4, 0.5) is 0 Å². The summed E-state index contributed by atoms with van der Waals surface area (Å²) < 4.78 is 10.5. The topological polar surface area (TPSA) is 56.5 Å². The molecule has 2 aromatic heterocycles. The summed E-state index contributed by atoms with van der Waals surface area (Å²) in [5.41, 5.74) is 0.946. The number of carbonyl (C=O) groups is 2. The van der Waals surface area contributed by atoms with Crippen molar-refractivity contribution < 1.29 is 18.7 Å². The van der Waals surface area contributed by atoms with Gasteiger partial charge in [0.05, 0.1) is 12.9 Å². The minimum absolute atomic E-state index is 0.213. The lowest BCUT2D eigenvalue weighted by molar-refractivity contribution is -0.151. The highest BCUT2D eigenvalue weighted by molar-refractivity contribution is 7.11. The van der Waals surface area contributed by atoms with Crippen LogP contribution in [0.5, 0.6) is 0 Å². The minimum atomic E-state index is -0.824. The summed E-state index contributed by atoms with van der Waals surface area (Å²) in [6.07, 6.45) is 3.72. The van der Waals surface area contributed by atoms with Crippen LogP contribution < -0.4 is 0 Å². The normalized spacial score (nSPS) is 21.5. The summed E-state index contributed by atoms with van der Waals surface area (Å²) in [6.45, 7) is 2.00. The zero-order chi connectivity index (χ0) is 15.5. The first kappa shape index (κ1) is 14.8. The smallest absolute Gasteiger partial charge is 0.317 e. The van der Waals surface area contributed by atoms with Crippen LogP contribution in [0.15, 0.2) is 46.4 Å². The number of thiophene rings is 1. The van der Waals surface area contributed by atoms with Crippen molar-refractivity contribution in [3.8, 4) is 0 Å². The Bertz CT molecular complexity index is 682. The third kappa shape index (κ3) is 2.76. The van der Waals surface area contributed by atoms with Crippen LogP contribution in [0.25, 0.3) is 5.57 Å². The average Bonchev–Trinajstić information content (AvgIpc) is 3.20. The molecule has 0 fully saturated rings. The van der Waals surface area contributed by atoms with Crippen LogP contribution in [0.3, 0.4) is 0 Å². The fourth-order valence-corrected chi connectivity index (χ4v) is 3.54. The molecule has 114 valence electrons. The first-order valence-corrected chi connectivity index (χ1v) is 8.07. The third-order valence-electron chi connectivity index (χ3n) is 3.75. The van der Waals surface area contributed by atoms with Gasteiger partial charge in [0.2, 0.25) is 0 Å². The number of esters is 1. The SMILES string of the molecule is CCOC(=O)[C@@H]1C(=O)C=C(c2cccs2)C[C@H]1c1ccco1. The van der Waals surface area contributed by atoms with Gasteiger partial charge in [-0.05, 0) is 48.6 Å². The van der Waals surface area contributed by atoms with Gasteiger partial charge in [0.15, 0.2) is 5.78 Å². The molecule has 0 aliphatic heterocycles. The molecule has 5 heteroatoms. The van der Waals surface area contributed by atoms with Crippen LogP contribution in [0, 0.1) is 5.92 Å². The van der Waals surface area contributed by atoms with Crippen molar-refractivity contribution in [2.75, 3.05) is 6.61 Å². The van der Waals surface area contributed by atoms with E-state index in [4.69, 9.17) is 9.15 Å². The van der Waals surface area contributed by atoms with Gasteiger partial charge in [-0.15, -0.1) is 11.3 Å². The number of hydrogen-bond donors (Lipinski definition) is 0. The first-order chi connectivity index (χ1) is 10.7. The number of allylic oxidation sites excluding steroid dienone is 2. The van der Waals surface area contributed by atoms with Gasteiger partial charge in [-0.2, -0.15) is 0 Å². The molecule has 0 spiro atoms. The van der Waals surface area contributed by atoms with Crippen molar-refractivity contribution >= 4 is 28.7 Å². The van der Waals surface area contributed by atoms with E-state index in [9.17, 15) is 9.59 Å². The monoisotopic (exact) mass is 316 g/mol. The van der Waals surface area contributed by atoms with Gasteiger partial charge < -0.3 is 9.15 Å². The third-order valence-corrected chi connectivity index (χ3v) is 4.70. The predicted octanol–water partition coefficient (Wildman–Crippen LogP) is 3.66. The maximum atomic E-state index is 12.5. The lowest BCUT2D eigenvalue weighted by Gasteiger charge is -2.27. The molecule has 0 bridgehead atoms. The van der Waals surface area contributed by atoms with Gasteiger partial charge in [-0.3, -0.25) is 9.59 Å². The molecule has 1 aliphatic carbocycles. The van der Waals surface area contributed by atoms with E-state index in [2.05, 4.69) is 0 Å². The molecule has 0 aromatic carbocycles. The predicted molar refractivity (Wildman–Crippen MR) is 83.5 cm³/mol. The molecule has 0 saturated heterocycles. The Labute approximate surface area is 132 Å². The largest absolute Gasteiger partial charge is 0.469 e. The Kier molecular flexibility index (Phi) is 4.24. The van der Waals surface area contributed by atoms with Crippen LogP contribution in [0.2, 0.25) is 0 Å². The molecule has 0 unspecified atom stereocenters. The molecule has 0 saturated carbocycles. The first-order valence-electron chi connectivity index (χ1n) is 7.19. The number of rotatable bonds is 4. The van der Waals surface area contributed by atoms with Crippen LogP contribution in [0.1, 0.15) is 29.9 Å². The van der Waals surface area contributed by atoms with Crippen molar-refractivity contribution in [2.45, 2.75) is 19.3 Å². The van der Waals surface area contributed by atoms with Gasteiger partial charge >= 0.3 is 5.97 Å². The lowest BCUT2D eigenvalue weighted by atomic mass is 9.77. The molecule has 2 heterocycles.